The van der Waals surface area contributed by atoms with E-state index in [0.717, 1.165) is 36.4 Å². The van der Waals surface area contributed by atoms with Crippen molar-refractivity contribution in [2.45, 2.75) is 77.5 Å². The summed E-state index contributed by atoms with van der Waals surface area (Å²) in [6.07, 6.45) is 4.83. The smallest absolute Gasteiger partial charge is 0.211 e. The van der Waals surface area contributed by atoms with Gasteiger partial charge in [-0.2, -0.15) is 4.80 Å². The Kier molecular flexibility index (Phi) is 8.13. The summed E-state index contributed by atoms with van der Waals surface area (Å²) in [4.78, 5) is 31.6. The van der Waals surface area contributed by atoms with Crippen molar-refractivity contribution in [3.63, 3.8) is 0 Å². The van der Waals surface area contributed by atoms with E-state index in [2.05, 4.69) is 41.4 Å². The third-order valence-electron chi connectivity index (χ3n) is 8.83. The largest absolute Gasteiger partial charge is 0.497 e. The SMILES string of the molecule is CCC(=O)C(C(=O)c1nn(C2=CCOCC2)nc1NCc1ccc(OC)cc1)N1CCN[C@]2(C(C)(C)C)CC[C@H]12. The lowest BCUT2D eigenvalue weighted by atomic mass is 9.56. The molecule has 0 radical (unpaired) electrons. The molecule has 1 unspecified atom stereocenters. The lowest BCUT2D eigenvalue weighted by molar-refractivity contribution is -0.132. The molecule has 3 aliphatic rings. The number of hydrogen-bond acceptors (Lipinski definition) is 9. The molecule has 0 amide bonds. The number of carbonyl (C=O) groups is 2. The van der Waals surface area contributed by atoms with Crippen LogP contribution in [0.15, 0.2) is 30.3 Å². The van der Waals surface area contributed by atoms with Crippen molar-refractivity contribution in [1.82, 2.24) is 25.2 Å². The lowest BCUT2D eigenvalue weighted by Gasteiger charge is -2.64. The summed E-state index contributed by atoms with van der Waals surface area (Å²) in [7, 11) is 1.63. The molecular weight excluding hydrogens is 508 g/mol. The van der Waals surface area contributed by atoms with Crippen LogP contribution in [-0.4, -0.2) is 82.5 Å². The van der Waals surface area contributed by atoms with E-state index in [4.69, 9.17) is 14.6 Å². The van der Waals surface area contributed by atoms with E-state index < -0.39 is 6.04 Å². The van der Waals surface area contributed by atoms with Crippen molar-refractivity contribution in [3.8, 4) is 5.75 Å². The summed E-state index contributed by atoms with van der Waals surface area (Å²) < 4.78 is 10.7. The Morgan fingerprint density at radius 3 is 2.62 bits per heavy atom. The van der Waals surface area contributed by atoms with Gasteiger partial charge in [0.25, 0.3) is 0 Å². The second-order valence-corrected chi connectivity index (χ2v) is 11.9. The van der Waals surface area contributed by atoms with Crippen LogP contribution in [0.2, 0.25) is 0 Å². The number of hydrogen-bond donors (Lipinski definition) is 2. The number of ketones is 2. The quantitative estimate of drug-likeness (QED) is 0.339. The van der Waals surface area contributed by atoms with Crippen molar-refractivity contribution in [2.24, 2.45) is 5.41 Å². The Balaban J connectivity index is 1.48. The molecule has 1 aliphatic carbocycles. The van der Waals surface area contributed by atoms with Gasteiger partial charge in [-0.25, -0.2) is 0 Å². The molecule has 40 heavy (non-hydrogen) atoms. The first-order valence-electron chi connectivity index (χ1n) is 14.4. The fourth-order valence-electron chi connectivity index (χ4n) is 6.38. The maximum Gasteiger partial charge on any atom is 0.211 e. The number of anilines is 1. The summed E-state index contributed by atoms with van der Waals surface area (Å²) >= 11 is 0. The van der Waals surface area contributed by atoms with Gasteiger partial charge in [-0.05, 0) is 42.0 Å². The molecule has 1 saturated heterocycles. The summed E-state index contributed by atoms with van der Waals surface area (Å²) in [6.45, 7) is 11.4. The molecule has 2 fully saturated rings. The second kappa shape index (κ2) is 11.4. The first-order chi connectivity index (χ1) is 19.2. The summed E-state index contributed by atoms with van der Waals surface area (Å²) in [6, 6.07) is 6.93. The molecule has 5 rings (SSSR count). The first kappa shape index (κ1) is 28.4. The third kappa shape index (κ3) is 5.20. The van der Waals surface area contributed by atoms with Crippen LogP contribution in [-0.2, 0) is 16.1 Å². The highest BCUT2D eigenvalue weighted by Gasteiger charge is 2.59. The van der Waals surface area contributed by atoms with Gasteiger partial charge in [0.15, 0.2) is 17.3 Å². The number of aromatic nitrogens is 3. The van der Waals surface area contributed by atoms with E-state index in [1.54, 1.807) is 7.11 Å². The van der Waals surface area contributed by atoms with Gasteiger partial charge < -0.3 is 20.1 Å². The van der Waals surface area contributed by atoms with Crippen molar-refractivity contribution in [1.29, 1.82) is 0 Å². The highest BCUT2D eigenvalue weighted by molar-refractivity contribution is 6.15. The van der Waals surface area contributed by atoms with Gasteiger partial charge in [0.05, 0.1) is 26.0 Å². The van der Waals surface area contributed by atoms with E-state index in [-0.39, 0.29) is 40.7 Å². The van der Waals surface area contributed by atoms with Gasteiger partial charge in [0.1, 0.15) is 11.8 Å². The maximum absolute atomic E-state index is 14.4. The molecule has 2 aromatic rings. The van der Waals surface area contributed by atoms with Crippen LogP contribution in [0.1, 0.15) is 69.4 Å². The Labute approximate surface area is 236 Å². The average Bonchev–Trinajstić information content (AvgIpc) is 3.37. The summed E-state index contributed by atoms with van der Waals surface area (Å²) in [5.74, 6) is 0.784. The average molecular weight is 551 g/mol. The van der Waals surface area contributed by atoms with Crippen molar-refractivity contribution in [2.75, 3.05) is 38.7 Å². The first-order valence-corrected chi connectivity index (χ1v) is 14.4. The van der Waals surface area contributed by atoms with E-state index in [0.29, 0.717) is 38.5 Å². The minimum atomic E-state index is -0.894. The van der Waals surface area contributed by atoms with Crippen LogP contribution in [0.3, 0.4) is 0 Å². The number of carbonyl (C=O) groups excluding carboxylic acids is 2. The van der Waals surface area contributed by atoms with Crippen molar-refractivity contribution in [3.05, 3.63) is 41.6 Å². The molecule has 2 N–H and O–H groups in total. The van der Waals surface area contributed by atoms with Crippen LogP contribution in [0, 0.1) is 5.41 Å². The zero-order chi connectivity index (χ0) is 28.5. The van der Waals surface area contributed by atoms with Crippen LogP contribution in [0.5, 0.6) is 5.75 Å². The van der Waals surface area contributed by atoms with Crippen LogP contribution >= 0.6 is 0 Å². The zero-order valence-electron chi connectivity index (χ0n) is 24.3. The van der Waals surface area contributed by atoms with E-state index in [9.17, 15) is 9.59 Å². The fourth-order valence-corrected chi connectivity index (χ4v) is 6.38. The third-order valence-corrected chi connectivity index (χ3v) is 8.83. The summed E-state index contributed by atoms with van der Waals surface area (Å²) in [5, 5.41) is 16.5. The lowest BCUT2D eigenvalue weighted by Crippen LogP contribution is -2.79. The highest BCUT2D eigenvalue weighted by atomic mass is 16.5. The van der Waals surface area contributed by atoms with E-state index >= 15 is 0 Å². The van der Waals surface area contributed by atoms with Gasteiger partial charge in [0.2, 0.25) is 5.78 Å². The minimum absolute atomic E-state index is 0.0127. The Morgan fingerprint density at radius 1 is 1.25 bits per heavy atom. The Morgan fingerprint density at radius 2 is 2.02 bits per heavy atom. The number of nitrogens with zero attached hydrogens (tertiary/aromatic N) is 4. The maximum atomic E-state index is 14.4. The van der Waals surface area contributed by atoms with Gasteiger partial charge in [-0.15, -0.1) is 10.2 Å². The van der Waals surface area contributed by atoms with Crippen LogP contribution in [0.25, 0.3) is 5.70 Å². The Hall–Kier alpha value is -3.08. The molecule has 0 spiro atoms. The monoisotopic (exact) mass is 550 g/mol. The van der Waals surface area contributed by atoms with E-state index in [1.165, 1.54) is 4.80 Å². The number of rotatable bonds is 10. The van der Waals surface area contributed by atoms with Gasteiger partial charge in [-0.1, -0.05) is 39.8 Å². The standard InChI is InChI=1S/C30H42N6O4/c1-6-23(37)26(35-16-15-32-30(29(2,3)4)14-11-24(30)35)27(38)25-28(31-19-20-7-9-22(39-5)10-8-20)34-36(33-25)21-12-17-40-18-13-21/h7-10,12,24,26,32H,6,11,13-19H2,1-5H3,(H,31,34)/t24-,26?,30+/m0/s1. The molecular formula is C30H42N6O4. The van der Waals surface area contributed by atoms with Crippen molar-refractivity contribution < 1.29 is 19.1 Å². The van der Waals surface area contributed by atoms with Crippen LogP contribution in [0.4, 0.5) is 5.82 Å². The van der Waals surface area contributed by atoms with Gasteiger partial charge >= 0.3 is 0 Å². The van der Waals surface area contributed by atoms with Gasteiger partial charge in [0, 0.05) is 44.1 Å². The van der Waals surface area contributed by atoms with Crippen LogP contribution < -0.4 is 15.4 Å². The fraction of sp³-hybridized carbons (Fsp3) is 0.600. The molecule has 216 valence electrons. The molecule has 1 saturated carbocycles. The predicted octanol–water partition coefficient (Wildman–Crippen LogP) is 3.54. The number of nitrogens with one attached hydrogen (secondary N) is 2. The number of benzene rings is 1. The Bertz CT molecular complexity index is 1260. The zero-order valence-corrected chi connectivity index (χ0v) is 24.3. The second-order valence-electron chi connectivity index (χ2n) is 11.9. The molecule has 1 aromatic heterocycles. The van der Waals surface area contributed by atoms with Gasteiger partial charge in [-0.3, -0.25) is 14.5 Å². The normalized spacial score (nSPS) is 23.9. The number of piperazine rings is 1. The van der Waals surface area contributed by atoms with Crippen molar-refractivity contribution >= 4 is 23.1 Å². The molecule has 1 aromatic carbocycles. The van der Waals surface area contributed by atoms with E-state index in [1.807, 2.05) is 37.3 Å². The minimum Gasteiger partial charge on any atom is -0.497 e. The molecule has 10 nitrogen and oxygen atoms in total. The molecule has 3 atom stereocenters. The predicted molar refractivity (Wildman–Crippen MR) is 153 cm³/mol. The number of methoxy groups -OCH3 is 1. The number of ether oxygens (including phenoxy) is 2. The molecule has 3 heterocycles. The molecule has 0 bridgehead atoms. The summed E-state index contributed by atoms with van der Waals surface area (Å²) in [5.41, 5.74) is 1.95. The molecule has 10 heteroatoms. The topological polar surface area (TPSA) is 111 Å². The highest BCUT2D eigenvalue weighted by Crippen LogP contribution is 2.50. The number of Topliss-reactive ketones (excluding diaryl/α,β-unsaturated/α-hetero) is 2. The molecule has 2 aliphatic heterocycles. The number of fused-ring (bicyclic) bond motifs is 1.